The molecule has 0 saturated heterocycles. The van der Waals surface area contributed by atoms with Crippen molar-refractivity contribution in [3.8, 4) is 5.69 Å². The second-order valence-corrected chi connectivity index (χ2v) is 2.96. The first-order valence-corrected chi connectivity index (χ1v) is 4.49. The molecule has 2 aromatic heterocycles. The summed E-state index contributed by atoms with van der Waals surface area (Å²) in [5, 5.41) is 3.08. The number of aromatic nitrogens is 3. The molecule has 0 saturated carbocycles. The highest BCUT2D eigenvalue weighted by molar-refractivity contribution is 5.29. The van der Waals surface area contributed by atoms with Crippen molar-refractivity contribution in [2.75, 3.05) is 7.05 Å². The maximum atomic E-state index is 4.25. The normalized spacial score (nSPS) is 10.4. The molecule has 4 nitrogen and oxygen atoms in total. The molecular weight excluding hydrogens is 176 g/mol. The number of hydrogen-bond donors (Lipinski definition) is 1. The fourth-order valence-electron chi connectivity index (χ4n) is 1.35. The minimum atomic E-state index is 0.752. The first-order chi connectivity index (χ1) is 6.92. The van der Waals surface area contributed by atoms with Crippen molar-refractivity contribution in [2.45, 2.75) is 6.54 Å². The van der Waals surface area contributed by atoms with Gasteiger partial charge in [-0.05, 0) is 19.2 Å². The average molecular weight is 188 g/mol. The van der Waals surface area contributed by atoms with Crippen LogP contribution in [0.15, 0.2) is 36.9 Å². The lowest BCUT2D eigenvalue weighted by atomic mass is 10.4. The second-order valence-electron chi connectivity index (χ2n) is 2.96. The Morgan fingerprint density at radius 3 is 3.07 bits per heavy atom. The highest BCUT2D eigenvalue weighted by Gasteiger charge is 2.02. The van der Waals surface area contributed by atoms with Crippen LogP contribution in [0.2, 0.25) is 0 Å². The van der Waals surface area contributed by atoms with E-state index < -0.39 is 0 Å². The van der Waals surface area contributed by atoms with E-state index in [1.165, 1.54) is 0 Å². The Bertz CT molecular complexity index is 394. The molecule has 0 bridgehead atoms. The highest BCUT2D eigenvalue weighted by Crippen LogP contribution is 2.07. The molecule has 14 heavy (non-hydrogen) atoms. The number of rotatable bonds is 3. The molecular formula is C10H12N4. The molecule has 0 aliphatic rings. The maximum absolute atomic E-state index is 4.25. The van der Waals surface area contributed by atoms with Gasteiger partial charge in [-0.3, -0.25) is 4.98 Å². The Morgan fingerprint density at radius 2 is 2.36 bits per heavy atom. The Morgan fingerprint density at radius 1 is 1.43 bits per heavy atom. The smallest absolute Gasteiger partial charge is 0.127 e. The van der Waals surface area contributed by atoms with E-state index in [1.807, 2.05) is 36.1 Å². The summed E-state index contributed by atoms with van der Waals surface area (Å²) in [4.78, 5) is 8.33. The van der Waals surface area contributed by atoms with E-state index in [4.69, 9.17) is 0 Å². The van der Waals surface area contributed by atoms with Crippen LogP contribution >= 0.6 is 0 Å². The molecule has 0 aliphatic heterocycles. The second kappa shape index (κ2) is 4.02. The fourth-order valence-corrected chi connectivity index (χ4v) is 1.35. The lowest BCUT2D eigenvalue weighted by Gasteiger charge is -2.05. The van der Waals surface area contributed by atoms with Gasteiger partial charge in [0.2, 0.25) is 0 Å². The Kier molecular flexibility index (Phi) is 2.55. The molecule has 0 atom stereocenters. The van der Waals surface area contributed by atoms with Gasteiger partial charge in [0.05, 0.1) is 18.4 Å². The van der Waals surface area contributed by atoms with Crippen molar-refractivity contribution in [1.29, 1.82) is 0 Å². The van der Waals surface area contributed by atoms with Crippen molar-refractivity contribution >= 4 is 0 Å². The van der Waals surface area contributed by atoms with E-state index >= 15 is 0 Å². The van der Waals surface area contributed by atoms with Gasteiger partial charge in [0.25, 0.3) is 0 Å². The largest absolute Gasteiger partial charge is 0.313 e. The molecule has 0 spiro atoms. The monoisotopic (exact) mass is 188 g/mol. The number of pyridine rings is 1. The van der Waals surface area contributed by atoms with Gasteiger partial charge in [-0.15, -0.1) is 0 Å². The van der Waals surface area contributed by atoms with Gasteiger partial charge in [-0.25, -0.2) is 4.98 Å². The Labute approximate surface area is 82.6 Å². The minimum Gasteiger partial charge on any atom is -0.313 e. The van der Waals surface area contributed by atoms with Crippen molar-refractivity contribution < 1.29 is 0 Å². The summed E-state index contributed by atoms with van der Waals surface area (Å²) in [5.41, 5.74) is 1.04. The fraction of sp³-hybridized carbons (Fsp3) is 0.200. The van der Waals surface area contributed by atoms with E-state index in [9.17, 15) is 0 Å². The van der Waals surface area contributed by atoms with E-state index in [-0.39, 0.29) is 0 Å². The van der Waals surface area contributed by atoms with Crippen LogP contribution in [0.25, 0.3) is 5.69 Å². The Hall–Kier alpha value is -1.68. The maximum Gasteiger partial charge on any atom is 0.127 e. The van der Waals surface area contributed by atoms with Crippen LogP contribution in [-0.4, -0.2) is 21.6 Å². The summed E-state index contributed by atoms with van der Waals surface area (Å²) < 4.78 is 2.02. The number of nitrogens with one attached hydrogen (secondary N) is 1. The van der Waals surface area contributed by atoms with Crippen molar-refractivity contribution in [2.24, 2.45) is 0 Å². The van der Waals surface area contributed by atoms with Crippen LogP contribution in [0.4, 0.5) is 0 Å². The zero-order chi connectivity index (χ0) is 9.80. The zero-order valence-corrected chi connectivity index (χ0v) is 8.01. The van der Waals surface area contributed by atoms with Crippen LogP contribution in [0.1, 0.15) is 5.82 Å². The third kappa shape index (κ3) is 1.65. The first-order valence-electron chi connectivity index (χ1n) is 4.49. The third-order valence-electron chi connectivity index (χ3n) is 1.98. The molecule has 72 valence electrons. The minimum absolute atomic E-state index is 0.752. The first kappa shape index (κ1) is 8.90. The number of imidazole rings is 1. The number of hydrogen-bond acceptors (Lipinski definition) is 3. The molecule has 0 aromatic carbocycles. The molecule has 2 rings (SSSR count). The van der Waals surface area contributed by atoms with Crippen molar-refractivity contribution in [1.82, 2.24) is 19.9 Å². The summed E-state index contributed by atoms with van der Waals surface area (Å²) in [6.45, 7) is 0.752. The van der Waals surface area contributed by atoms with Gasteiger partial charge >= 0.3 is 0 Å². The van der Waals surface area contributed by atoms with Crippen LogP contribution in [0.3, 0.4) is 0 Å². The molecule has 0 amide bonds. The standard InChI is InChI=1S/C10H12N4/c1-11-8-10-13-5-6-14(10)9-3-2-4-12-7-9/h2-7,11H,8H2,1H3. The van der Waals surface area contributed by atoms with Crippen LogP contribution in [0, 0.1) is 0 Å². The molecule has 0 fully saturated rings. The Balaban J connectivity index is 2.37. The highest BCUT2D eigenvalue weighted by atomic mass is 15.1. The molecule has 2 heterocycles. The lowest BCUT2D eigenvalue weighted by molar-refractivity contribution is 0.741. The van der Waals surface area contributed by atoms with Gasteiger partial charge < -0.3 is 9.88 Å². The number of nitrogens with zero attached hydrogens (tertiary/aromatic N) is 3. The third-order valence-corrected chi connectivity index (χ3v) is 1.98. The topological polar surface area (TPSA) is 42.7 Å². The SMILES string of the molecule is CNCc1nccn1-c1cccnc1. The lowest BCUT2D eigenvalue weighted by Crippen LogP contribution is -2.11. The van der Waals surface area contributed by atoms with E-state index in [0.717, 1.165) is 18.1 Å². The summed E-state index contributed by atoms with van der Waals surface area (Å²) in [5.74, 6) is 0.987. The van der Waals surface area contributed by atoms with E-state index in [1.54, 1.807) is 12.4 Å². The summed E-state index contributed by atoms with van der Waals surface area (Å²) >= 11 is 0. The summed E-state index contributed by atoms with van der Waals surface area (Å²) in [7, 11) is 1.91. The molecule has 0 unspecified atom stereocenters. The summed E-state index contributed by atoms with van der Waals surface area (Å²) in [6.07, 6.45) is 7.31. The van der Waals surface area contributed by atoms with Gasteiger partial charge in [0, 0.05) is 18.6 Å². The predicted octanol–water partition coefficient (Wildman–Crippen LogP) is 0.987. The average Bonchev–Trinajstić information content (AvgIpc) is 2.68. The van der Waals surface area contributed by atoms with Crippen LogP contribution in [-0.2, 0) is 6.54 Å². The van der Waals surface area contributed by atoms with Gasteiger partial charge in [0.1, 0.15) is 5.82 Å². The quantitative estimate of drug-likeness (QED) is 0.781. The predicted molar refractivity (Wildman–Crippen MR) is 54.1 cm³/mol. The van der Waals surface area contributed by atoms with Gasteiger partial charge in [0.15, 0.2) is 0 Å². The molecule has 4 heteroatoms. The summed E-state index contributed by atoms with van der Waals surface area (Å²) in [6, 6.07) is 3.92. The molecule has 1 N–H and O–H groups in total. The molecule has 0 radical (unpaired) electrons. The van der Waals surface area contributed by atoms with Crippen molar-refractivity contribution in [3.05, 3.63) is 42.7 Å². The van der Waals surface area contributed by atoms with E-state index in [2.05, 4.69) is 15.3 Å². The van der Waals surface area contributed by atoms with Crippen molar-refractivity contribution in [3.63, 3.8) is 0 Å². The molecule has 2 aromatic rings. The van der Waals surface area contributed by atoms with Gasteiger partial charge in [-0.2, -0.15) is 0 Å². The van der Waals surface area contributed by atoms with Crippen LogP contribution in [0.5, 0.6) is 0 Å². The zero-order valence-electron chi connectivity index (χ0n) is 8.01. The van der Waals surface area contributed by atoms with Crippen LogP contribution < -0.4 is 5.32 Å². The molecule has 0 aliphatic carbocycles. The van der Waals surface area contributed by atoms with E-state index in [0.29, 0.717) is 0 Å². The van der Waals surface area contributed by atoms with Gasteiger partial charge in [-0.1, -0.05) is 0 Å².